The number of rotatable bonds is 2. The lowest BCUT2D eigenvalue weighted by molar-refractivity contribution is 0.0917. The number of benzene rings is 2. The van der Waals surface area contributed by atoms with Crippen LogP contribution >= 0.6 is 11.6 Å². The smallest absolute Gasteiger partial charge is 0.254 e. The van der Waals surface area contributed by atoms with Crippen LogP contribution in [0.3, 0.4) is 0 Å². The highest BCUT2D eigenvalue weighted by atomic mass is 35.5. The molecule has 1 aliphatic carbocycles. The summed E-state index contributed by atoms with van der Waals surface area (Å²) >= 11 is 6.13. The molecule has 4 rings (SSSR count). The highest BCUT2D eigenvalue weighted by Gasteiger charge is 2.40. The van der Waals surface area contributed by atoms with E-state index in [-0.39, 0.29) is 23.6 Å². The summed E-state index contributed by atoms with van der Waals surface area (Å²) in [6.07, 6.45) is 2.98. The van der Waals surface area contributed by atoms with Crippen molar-refractivity contribution in [3.63, 3.8) is 0 Å². The molecule has 24 heavy (non-hydrogen) atoms. The van der Waals surface area contributed by atoms with Gasteiger partial charge in [0.2, 0.25) is 0 Å². The second kappa shape index (κ2) is 6.10. The monoisotopic (exact) mass is 344 g/mol. The Balaban J connectivity index is 1.55. The Bertz CT molecular complexity index is 795. The summed E-state index contributed by atoms with van der Waals surface area (Å²) in [6, 6.07) is 12.1. The fraction of sp³-hybridized carbons (Fsp3) is 0.316. The SMILES string of the molecule is O=C(NC1CCCC2c3cc(Cl)ccc3NC12)c1ccccc1F. The predicted octanol–water partition coefficient (Wildman–Crippen LogP) is 4.34. The molecular weight excluding hydrogens is 327 g/mol. The molecule has 0 saturated heterocycles. The van der Waals surface area contributed by atoms with Gasteiger partial charge in [-0.05, 0) is 48.7 Å². The van der Waals surface area contributed by atoms with E-state index in [0.29, 0.717) is 5.92 Å². The molecule has 3 atom stereocenters. The van der Waals surface area contributed by atoms with Gasteiger partial charge in [-0.1, -0.05) is 30.2 Å². The number of nitrogens with one attached hydrogen (secondary N) is 2. The average molecular weight is 345 g/mol. The van der Waals surface area contributed by atoms with Gasteiger partial charge in [0.25, 0.3) is 5.91 Å². The maximum absolute atomic E-state index is 13.8. The number of fused-ring (bicyclic) bond motifs is 3. The molecule has 0 radical (unpaired) electrons. The van der Waals surface area contributed by atoms with E-state index in [1.54, 1.807) is 12.1 Å². The molecule has 1 aliphatic heterocycles. The van der Waals surface area contributed by atoms with Gasteiger partial charge in [-0.25, -0.2) is 4.39 Å². The molecule has 1 heterocycles. The highest BCUT2D eigenvalue weighted by Crippen LogP contribution is 2.44. The van der Waals surface area contributed by atoms with Gasteiger partial charge in [-0.3, -0.25) is 4.79 Å². The number of anilines is 1. The fourth-order valence-electron chi connectivity index (χ4n) is 3.95. The van der Waals surface area contributed by atoms with Gasteiger partial charge in [-0.15, -0.1) is 0 Å². The van der Waals surface area contributed by atoms with Crippen molar-refractivity contribution in [3.8, 4) is 0 Å². The third-order valence-corrected chi connectivity index (χ3v) is 5.30. The maximum Gasteiger partial charge on any atom is 0.254 e. The standard InChI is InChI=1S/C19H18ClFN2O/c20-11-8-9-16-14(10-11)12-5-3-7-17(18(12)22-16)23-19(24)13-4-1-2-6-15(13)21/h1-2,4,6,8-10,12,17-18,22H,3,5,7H2,(H,23,24). The van der Waals surface area contributed by atoms with Crippen LogP contribution < -0.4 is 10.6 Å². The van der Waals surface area contributed by atoms with Crippen LogP contribution in [0.4, 0.5) is 10.1 Å². The summed E-state index contributed by atoms with van der Waals surface area (Å²) in [5.41, 5.74) is 2.40. The highest BCUT2D eigenvalue weighted by molar-refractivity contribution is 6.30. The first-order chi connectivity index (χ1) is 11.6. The van der Waals surface area contributed by atoms with E-state index in [1.807, 2.05) is 18.2 Å². The normalized spacial score (nSPS) is 24.7. The first-order valence-electron chi connectivity index (χ1n) is 8.25. The molecule has 1 amide bonds. The van der Waals surface area contributed by atoms with Crippen molar-refractivity contribution in [1.29, 1.82) is 0 Å². The first-order valence-corrected chi connectivity index (χ1v) is 8.62. The van der Waals surface area contributed by atoms with Crippen molar-refractivity contribution in [3.05, 3.63) is 64.4 Å². The Kier molecular flexibility index (Phi) is 3.93. The summed E-state index contributed by atoms with van der Waals surface area (Å²) in [5, 5.41) is 7.27. The van der Waals surface area contributed by atoms with Crippen molar-refractivity contribution >= 4 is 23.2 Å². The minimum atomic E-state index is -0.489. The molecule has 1 saturated carbocycles. The molecule has 5 heteroatoms. The largest absolute Gasteiger partial charge is 0.379 e. The second-order valence-corrected chi connectivity index (χ2v) is 6.94. The summed E-state index contributed by atoms with van der Waals surface area (Å²) in [5.74, 6) is -0.510. The van der Waals surface area contributed by atoms with Crippen LogP contribution in [0.5, 0.6) is 0 Å². The van der Waals surface area contributed by atoms with Crippen LogP contribution in [0, 0.1) is 5.82 Å². The van der Waals surface area contributed by atoms with E-state index >= 15 is 0 Å². The van der Waals surface area contributed by atoms with E-state index in [9.17, 15) is 9.18 Å². The lowest BCUT2D eigenvalue weighted by atomic mass is 9.79. The van der Waals surface area contributed by atoms with Crippen LogP contribution in [-0.2, 0) is 0 Å². The molecule has 124 valence electrons. The van der Waals surface area contributed by atoms with Crippen LogP contribution in [-0.4, -0.2) is 18.0 Å². The topological polar surface area (TPSA) is 41.1 Å². The molecule has 2 aromatic rings. The lowest BCUT2D eigenvalue weighted by Crippen LogP contribution is -2.49. The van der Waals surface area contributed by atoms with Crippen molar-refractivity contribution in [2.45, 2.75) is 37.3 Å². The Hall–Kier alpha value is -2.07. The molecule has 3 unspecified atom stereocenters. The third kappa shape index (κ3) is 2.65. The molecule has 2 aromatic carbocycles. The van der Waals surface area contributed by atoms with Gasteiger partial charge in [0.05, 0.1) is 11.6 Å². The van der Waals surface area contributed by atoms with E-state index in [2.05, 4.69) is 10.6 Å². The van der Waals surface area contributed by atoms with Crippen molar-refractivity contribution in [1.82, 2.24) is 5.32 Å². The Labute approximate surface area is 145 Å². The zero-order chi connectivity index (χ0) is 16.7. The Morgan fingerprint density at radius 2 is 2.04 bits per heavy atom. The zero-order valence-corrected chi connectivity index (χ0v) is 13.8. The third-order valence-electron chi connectivity index (χ3n) is 5.07. The minimum Gasteiger partial charge on any atom is -0.379 e. The van der Waals surface area contributed by atoms with Gasteiger partial charge < -0.3 is 10.6 Å². The summed E-state index contributed by atoms with van der Waals surface area (Å²) in [7, 11) is 0. The number of hydrogen-bond acceptors (Lipinski definition) is 2. The van der Waals surface area contributed by atoms with Crippen LogP contribution in [0.2, 0.25) is 5.02 Å². The molecule has 2 N–H and O–H groups in total. The Morgan fingerprint density at radius 3 is 2.88 bits per heavy atom. The molecule has 2 aliphatic rings. The second-order valence-electron chi connectivity index (χ2n) is 6.50. The maximum atomic E-state index is 13.8. The molecular formula is C19H18ClFN2O. The van der Waals surface area contributed by atoms with Gasteiger partial charge in [-0.2, -0.15) is 0 Å². The molecule has 0 bridgehead atoms. The van der Waals surface area contributed by atoms with Gasteiger partial charge >= 0.3 is 0 Å². The van der Waals surface area contributed by atoms with Gasteiger partial charge in [0.1, 0.15) is 5.82 Å². The molecule has 1 fully saturated rings. The summed E-state index contributed by atoms with van der Waals surface area (Å²) in [6.45, 7) is 0. The lowest BCUT2D eigenvalue weighted by Gasteiger charge is -2.34. The van der Waals surface area contributed by atoms with E-state index in [1.165, 1.54) is 17.7 Å². The van der Waals surface area contributed by atoms with Crippen LogP contribution in [0.15, 0.2) is 42.5 Å². The first kappa shape index (κ1) is 15.5. The zero-order valence-electron chi connectivity index (χ0n) is 13.1. The van der Waals surface area contributed by atoms with Gasteiger partial charge in [0.15, 0.2) is 0 Å². The summed E-state index contributed by atoms with van der Waals surface area (Å²) < 4.78 is 13.8. The van der Waals surface area contributed by atoms with E-state index in [4.69, 9.17) is 11.6 Å². The number of carbonyl (C=O) groups is 1. The van der Waals surface area contributed by atoms with Crippen molar-refractivity contribution in [2.75, 3.05) is 5.32 Å². The molecule has 3 nitrogen and oxygen atoms in total. The van der Waals surface area contributed by atoms with Gasteiger partial charge in [0, 0.05) is 22.7 Å². The molecule has 0 aromatic heterocycles. The van der Waals surface area contributed by atoms with Crippen LogP contribution in [0.25, 0.3) is 0 Å². The predicted molar refractivity (Wildman–Crippen MR) is 93.1 cm³/mol. The quantitative estimate of drug-likeness (QED) is 0.851. The number of carbonyl (C=O) groups excluding carboxylic acids is 1. The van der Waals surface area contributed by atoms with Crippen LogP contribution in [0.1, 0.15) is 41.1 Å². The number of amides is 1. The minimum absolute atomic E-state index is 0.0259. The van der Waals surface area contributed by atoms with Crippen molar-refractivity contribution in [2.24, 2.45) is 0 Å². The summed E-state index contributed by atoms with van der Waals surface area (Å²) in [4.78, 5) is 12.4. The van der Waals surface area contributed by atoms with E-state index < -0.39 is 5.82 Å². The molecule has 0 spiro atoms. The van der Waals surface area contributed by atoms with E-state index in [0.717, 1.165) is 30.0 Å². The fourth-order valence-corrected chi connectivity index (χ4v) is 4.13. The average Bonchev–Trinajstić information content (AvgIpc) is 2.94. The van der Waals surface area contributed by atoms with Crippen molar-refractivity contribution < 1.29 is 9.18 Å². The number of halogens is 2. The number of hydrogen-bond donors (Lipinski definition) is 2. The Morgan fingerprint density at radius 1 is 1.21 bits per heavy atom.